The van der Waals surface area contributed by atoms with Gasteiger partial charge in [-0.3, -0.25) is 0 Å². The van der Waals surface area contributed by atoms with Crippen LogP contribution in [0.25, 0.3) is 11.6 Å². The van der Waals surface area contributed by atoms with Crippen LogP contribution in [0.1, 0.15) is 79.3 Å². The lowest BCUT2D eigenvalue weighted by molar-refractivity contribution is 0.0592. The average Bonchev–Trinajstić information content (AvgIpc) is 3.79. The van der Waals surface area contributed by atoms with Crippen LogP contribution in [0.4, 0.5) is 34.6 Å². The van der Waals surface area contributed by atoms with Crippen molar-refractivity contribution in [3.63, 3.8) is 0 Å². The van der Waals surface area contributed by atoms with Crippen LogP contribution in [0.15, 0.2) is 39.0 Å². The van der Waals surface area contributed by atoms with E-state index in [-0.39, 0.29) is 57.4 Å². The molecule has 0 atom stereocenters. The molecule has 0 aliphatic carbocycles. The van der Waals surface area contributed by atoms with Gasteiger partial charge in [0.15, 0.2) is 46.3 Å². The number of azo groups is 2. The number of carbonyl (C=O) groups is 2. The maximum Gasteiger partial charge on any atom is 0.343 e. The second-order valence-corrected chi connectivity index (χ2v) is 13.5. The Hall–Kier alpha value is -6.34. The lowest BCUT2D eigenvalue weighted by atomic mass is 9.91. The van der Waals surface area contributed by atoms with Crippen molar-refractivity contribution in [1.29, 1.82) is 0 Å². The maximum absolute atomic E-state index is 12.5. The number of anilines is 2. The summed E-state index contributed by atoms with van der Waals surface area (Å²) in [6.45, 7) is 13.4. The summed E-state index contributed by atoms with van der Waals surface area (Å²) >= 11 is 0. The summed E-state index contributed by atoms with van der Waals surface area (Å²) in [5.74, 6) is -0.0209. The Labute approximate surface area is 292 Å². The van der Waals surface area contributed by atoms with Gasteiger partial charge in [0.05, 0.1) is 37.5 Å². The Bertz CT molecular complexity index is 2200. The third kappa shape index (κ3) is 6.66. The average molecular weight is 701 g/mol. The Morgan fingerprint density at radius 1 is 0.725 bits per heavy atom. The van der Waals surface area contributed by atoms with E-state index in [2.05, 4.69) is 40.6 Å². The largest absolute Gasteiger partial charge is 0.465 e. The number of nitrogens with zero attached hydrogens (tertiary/aromatic N) is 14. The standard InChI is InChI=1S/C31H40N16O4/c1-15-19(29(49)51-11)27(45(9)41-15)40-38-21-23(31(5,6)7)43-47(25(21)33)18-12-17(34-14-35-18)46-24(32)20(22(42-46)30(2,3)4)37-39-26-16(28(48)50-10)13-36-44(26)8/h12-14H,32-33H2,1-11H3. The SMILES string of the molecule is COC(=O)c1cnn(C)c1N=Nc1c(C(C)(C)C)nn(-c2cc(-n3nc(C(C)(C)C)c(N=Nc4c(C(=O)OC)c(C)nn4C)c3N)ncn2)c1N. The zero-order chi connectivity index (χ0) is 37.6. The van der Waals surface area contributed by atoms with Gasteiger partial charge in [0, 0.05) is 31.0 Å². The van der Waals surface area contributed by atoms with Crippen LogP contribution in [0.3, 0.4) is 0 Å². The lowest BCUT2D eigenvalue weighted by Gasteiger charge is -2.15. The smallest absolute Gasteiger partial charge is 0.343 e. The molecule has 51 heavy (non-hydrogen) atoms. The number of nitrogens with two attached hydrogens (primary N) is 2. The van der Waals surface area contributed by atoms with Gasteiger partial charge in [0.1, 0.15) is 17.5 Å². The van der Waals surface area contributed by atoms with Crippen molar-refractivity contribution in [2.75, 3.05) is 25.7 Å². The fourth-order valence-electron chi connectivity index (χ4n) is 5.07. The number of carbonyl (C=O) groups excluding carboxylic acids is 2. The molecule has 0 aliphatic heterocycles. The van der Waals surface area contributed by atoms with E-state index < -0.39 is 22.8 Å². The minimum Gasteiger partial charge on any atom is -0.465 e. The van der Waals surface area contributed by atoms with E-state index in [0.29, 0.717) is 17.1 Å². The zero-order valence-corrected chi connectivity index (χ0v) is 30.3. The number of aromatic nitrogens is 10. The van der Waals surface area contributed by atoms with E-state index in [1.807, 2.05) is 41.5 Å². The molecule has 0 unspecified atom stereocenters. The molecule has 0 amide bonds. The molecule has 4 N–H and O–H groups in total. The number of nitrogen functional groups attached to an aromatic ring is 2. The van der Waals surface area contributed by atoms with Crippen molar-refractivity contribution in [3.05, 3.63) is 46.8 Å². The number of ether oxygens (including phenoxy) is 2. The van der Waals surface area contributed by atoms with E-state index in [1.165, 1.54) is 45.5 Å². The van der Waals surface area contributed by atoms with E-state index >= 15 is 0 Å². The van der Waals surface area contributed by atoms with Gasteiger partial charge in [0.2, 0.25) is 0 Å². The minimum atomic E-state index is -0.611. The van der Waals surface area contributed by atoms with E-state index in [9.17, 15) is 9.59 Å². The van der Waals surface area contributed by atoms with Gasteiger partial charge in [0.25, 0.3) is 0 Å². The Morgan fingerprint density at radius 2 is 1.22 bits per heavy atom. The van der Waals surface area contributed by atoms with Crippen LogP contribution in [-0.2, 0) is 34.4 Å². The van der Waals surface area contributed by atoms with Crippen molar-refractivity contribution in [1.82, 2.24) is 49.1 Å². The fraction of sp³-hybridized carbons (Fsp3) is 0.419. The van der Waals surface area contributed by atoms with Crippen LogP contribution < -0.4 is 11.5 Å². The van der Waals surface area contributed by atoms with Gasteiger partial charge in [-0.2, -0.15) is 29.8 Å². The summed E-state index contributed by atoms with van der Waals surface area (Å²) in [6, 6.07) is 1.60. The van der Waals surface area contributed by atoms with Gasteiger partial charge in [-0.1, -0.05) is 41.5 Å². The van der Waals surface area contributed by atoms with Crippen LogP contribution in [0.2, 0.25) is 0 Å². The van der Waals surface area contributed by atoms with Crippen LogP contribution in [0, 0.1) is 6.92 Å². The van der Waals surface area contributed by atoms with Crippen molar-refractivity contribution in [2.24, 2.45) is 34.6 Å². The molecule has 5 heterocycles. The van der Waals surface area contributed by atoms with Gasteiger partial charge >= 0.3 is 11.9 Å². The number of aryl methyl sites for hydroxylation is 3. The monoisotopic (exact) mass is 700 g/mol. The summed E-state index contributed by atoms with van der Waals surface area (Å²) in [5.41, 5.74) is 14.6. The number of methoxy groups -OCH3 is 2. The first kappa shape index (κ1) is 36.0. The van der Waals surface area contributed by atoms with Crippen molar-refractivity contribution >= 4 is 46.6 Å². The number of rotatable bonds is 8. The third-order valence-electron chi connectivity index (χ3n) is 7.67. The van der Waals surface area contributed by atoms with Crippen LogP contribution >= 0.6 is 0 Å². The topological polar surface area (TPSA) is 251 Å². The predicted octanol–water partition coefficient (Wildman–Crippen LogP) is 4.79. The molecule has 0 saturated carbocycles. The zero-order valence-electron chi connectivity index (χ0n) is 30.3. The Morgan fingerprint density at radius 3 is 1.69 bits per heavy atom. The molecule has 0 spiro atoms. The van der Waals surface area contributed by atoms with Crippen molar-refractivity contribution in [3.8, 4) is 11.6 Å². The van der Waals surface area contributed by atoms with Gasteiger partial charge in [-0.25, -0.2) is 28.9 Å². The molecule has 5 rings (SSSR count). The quantitative estimate of drug-likeness (QED) is 0.164. The first-order valence-electron chi connectivity index (χ1n) is 15.5. The van der Waals surface area contributed by atoms with Gasteiger partial charge in [-0.15, -0.1) is 20.5 Å². The molecule has 0 fully saturated rings. The second-order valence-electron chi connectivity index (χ2n) is 13.5. The summed E-state index contributed by atoms with van der Waals surface area (Å²) in [5, 5.41) is 35.5. The van der Waals surface area contributed by atoms with E-state index in [4.69, 9.17) is 31.1 Å². The molecule has 0 radical (unpaired) electrons. The van der Waals surface area contributed by atoms with E-state index in [0.717, 1.165) is 0 Å². The summed E-state index contributed by atoms with van der Waals surface area (Å²) < 4.78 is 15.4. The molecule has 268 valence electrons. The molecule has 0 aliphatic rings. The summed E-state index contributed by atoms with van der Waals surface area (Å²) in [7, 11) is 5.81. The highest BCUT2D eigenvalue weighted by Crippen LogP contribution is 2.40. The molecule has 5 aromatic rings. The molecular formula is C31H40N16O4. The highest BCUT2D eigenvalue weighted by Gasteiger charge is 2.30. The highest BCUT2D eigenvalue weighted by atomic mass is 16.5. The minimum absolute atomic E-state index is 0.126. The van der Waals surface area contributed by atoms with Crippen molar-refractivity contribution in [2.45, 2.75) is 59.3 Å². The summed E-state index contributed by atoms with van der Waals surface area (Å²) in [6.07, 6.45) is 2.67. The number of esters is 2. The first-order valence-corrected chi connectivity index (χ1v) is 15.5. The molecule has 5 aromatic heterocycles. The molecular weight excluding hydrogens is 660 g/mol. The second kappa shape index (κ2) is 13.2. The van der Waals surface area contributed by atoms with Gasteiger partial charge in [-0.05, 0) is 6.92 Å². The molecule has 20 heteroatoms. The molecule has 0 bridgehead atoms. The third-order valence-corrected chi connectivity index (χ3v) is 7.67. The first-order chi connectivity index (χ1) is 23.9. The maximum atomic E-state index is 12.5. The molecule has 20 nitrogen and oxygen atoms in total. The van der Waals surface area contributed by atoms with Crippen LogP contribution in [0.5, 0.6) is 0 Å². The normalized spacial score (nSPS) is 12.4. The Balaban J connectivity index is 1.61. The Kier molecular flexibility index (Phi) is 9.29. The molecule has 0 saturated heterocycles. The fourth-order valence-corrected chi connectivity index (χ4v) is 5.07. The van der Waals surface area contributed by atoms with E-state index in [1.54, 1.807) is 27.1 Å². The lowest BCUT2D eigenvalue weighted by Crippen LogP contribution is -2.14. The van der Waals surface area contributed by atoms with Gasteiger partial charge < -0.3 is 20.9 Å². The summed E-state index contributed by atoms with van der Waals surface area (Å²) in [4.78, 5) is 33.6. The highest BCUT2D eigenvalue weighted by molar-refractivity contribution is 5.95. The predicted molar refractivity (Wildman–Crippen MR) is 185 cm³/mol. The van der Waals surface area contributed by atoms with Crippen LogP contribution in [-0.4, -0.2) is 75.2 Å². The number of hydrogen-bond acceptors (Lipinski definition) is 16. The van der Waals surface area contributed by atoms with Crippen molar-refractivity contribution < 1.29 is 19.1 Å². The molecule has 0 aromatic carbocycles. The number of hydrogen-bond donors (Lipinski definition) is 2.